The maximum atomic E-state index is 6.42. The van der Waals surface area contributed by atoms with Gasteiger partial charge in [0.2, 0.25) is 20.6 Å². The molecule has 0 aromatic heterocycles. The average Bonchev–Trinajstić information content (AvgIpc) is 2.62. The van der Waals surface area contributed by atoms with Gasteiger partial charge < -0.3 is 32.8 Å². The highest BCUT2D eigenvalue weighted by molar-refractivity contribution is 6.51. The first-order valence-corrected chi connectivity index (χ1v) is 10.8. The van der Waals surface area contributed by atoms with E-state index in [2.05, 4.69) is 13.8 Å². The van der Waals surface area contributed by atoms with Crippen molar-refractivity contribution in [1.29, 1.82) is 0 Å². The minimum atomic E-state index is -1.10. The van der Waals surface area contributed by atoms with Gasteiger partial charge in [-0.1, -0.05) is 13.8 Å². The van der Waals surface area contributed by atoms with E-state index in [0.29, 0.717) is 0 Å². The van der Waals surface area contributed by atoms with Crippen LogP contribution < -0.4 is 0 Å². The highest BCUT2D eigenvalue weighted by Crippen LogP contribution is 2.44. The largest absolute Gasteiger partial charge is 0.408 e. The van der Waals surface area contributed by atoms with E-state index in [9.17, 15) is 0 Å². The second-order valence-electron chi connectivity index (χ2n) is 6.74. The second kappa shape index (κ2) is 8.31. The summed E-state index contributed by atoms with van der Waals surface area (Å²) in [5.41, 5.74) is 0. The summed E-state index contributed by atoms with van der Waals surface area (Å²) in [5.74, 6) is -2.18. The normalized spacial score (nSPS) is 44.8. The molecule has 2 aliphatic rings. The molecule has 2 unspecified atom stereocenters. The van der Waals surface area contributed by atoms with Crippen LogP contribution in [0.5, 0.6) is 0 Å². The zero-order chi connectivity index (χ0) is 18.8. The number of hydrogen-bond acceptors (Lipinski definition) is 7. The van der Waals surface area contributed by atoms with Crippen LogP contribution in [0, 0.1) is 0 Å². The summed E-state index contributed by atoms with van der Waals surface area (Å²) < 4.78 is 41.9. The topological polar surface area (TPSA) is 64.6 Å². The fourth-order valence-electron chi connectivity index (χ4n) is 3.39. The van der Waals surface area contributed by atoms with Gasteiger partial charge >= 0.3 is 0 Å². The molecule has 8 heteroatoms. The maximum absolute atomic E-state index is 6.42. The fraction of sp³-hybridized carbons (Fsp3) is 1.00. The van der Waals surface area contributed by atoms with Gasteiger partial charge in [-0.15, -0.1) is 0 Å². The first-order chi connectivity index (χ1) is 11.8. The summed E-state index contributed by atoms with van der Waals surface area (Å²) in [4.78, 5) is 0. The maximum Gasteiger partial charge on any atom is 0.220 e. The third kappa shape index (κ3) is 3.82. The summed E-state index contributed by atoms with van der Waals surface area (Å²) in [6, 6.07) is 2.04. The summed E-state index contributed by atoms with van der Waals surface area (Å²) in [6.07, 6.45) is -1.84. The van der Waals surface area contributed by atoms with Crippen molar-refractivity contribution in [3.8, 4) is 0 Å². The van der Waals surface area contributed by atoms with Gasteiger partial charge in [0.25, 0.3) is 0 Å². The number of hydrogen-bond donors (Lipinski definition) is 0. The van der Waals surface area contributed by atoms with Gasteiger partial charge in [-0.3, -0.25) is 0 Å². The molecule has 0 bridgehead atoms. The molecular weight excluding hydrogens is 344 g/mol. The third-order valence-corrected chi connectivity index (χ3v) is 7.56. The molecule has 0 amide bonds. The lowest BCUT2D eigenvalue weighted by Crippen LogP contribution is -2.73. The molecule has 0 N–H and O–H groups in total. The number of methoxy groups -OCH3 is 3. The second-order valence-corrected chi connectivity index (χ2v) is 9.47. The van der Waals surface area contributed by atoms with Gasteiger partial charge in [0.1, 0.15) is 12.2 Å². The molecule has 0 spiro atoms. The van der Waals surface area contributed by atoms with Crippen LogP contribution in [0.2, 0.25) is 12.1 Å². The summed E-state index contributed by atoms with van der Waals surface area (Å²) in [5, 5.41) is 0. The molecule has 0 aromatic rings. The molecular formula is C17H33O7Si. The Hall–Kier alpha value is -0.0631. The standard InChI is InChI=1S/C17H33O7Si/c1-9-25(10-2)24-12-11(3)21-15(18-6)14-13(12)22-16(4,19-7)17(5,20-8)23-14/h11-15H,9-10H2,1-8H3/t11-,12+,13+,14-,15+,16?,17?/m0/s1. The molecule has 2 fully saturated rings. The van der Waals surface area contributed by atoms with Crippen LogP contribution in [-0.2, 0) is 32.8 Å². The highest BCUT2D eigenvalue weighted by atomic mass is 28.3. The highest BCUT2D eigenvalue weighted by Gasteiger charge is 2.62. The molecule has 2 heterocycles. The van der Waals surface area contributed by atoms with Crippen LogP contribution in [-0.4, -0.2) is 72.6 Å². The Morgan fingerprint density at radius 2 is 1.44 bits per heavy atom. The predicted molar refractivity (Wildman–Crippen MR) is 93.5 cm³/mol. The minimum absolute atomic E-state index is 0.180. The van der Waals surface area contributed by atoms with Gasteiger partial charge in [-0.2, -0.15) is 0 Å². The van der Waals surface area contributed by atoms with E-state index < -0.39 is 33.0 Å². The van der Waals surface area contributed by atoms with E-state index in [0.717, 1.165) is 12.1 Å². The molecule has 0 saturated carbocycles. The Morgan fingerprint density at radius 1 is 0.920 bits per heavy atom. The van der Waals surface area contributed by atoms with Gasteiger partial charge in [-0.05, 0) is 32.9 Å². The van der Waals surface area contributed by atoms with Crippen LogP contribution in [0.15, 0.2) is 0 Å². The predicted octanol–water partition coefficient (Wildman–Crippen LogP) is 2.30. The van der Waals surface area contributed by atoms with E-state index in [1.807, 2.05) is 13.8 Å². The average molecular weight is 378 g/mol. The molecule has 2 rings (SSSR count). The molecule has 1 radical (unpaired) electrons. The van der Waals surface area contributed by atoms with Crippen molar-refractivity contribution in [3.05, 3.63) is 0 Å². The van der Waals surface area contributed by atoms with E-state index in [1.165, 1.54) is 0 Å². The Morgan fingerprint density at radius 3 is 1.88 bits per heavy atom. The fourth-order valence-corrected chi connectivity index (χ4v) is 4.94. The molecule has 2 aliphatic heterocycles. The van der Waals surface area contributed by atoms with Crippen LogP contribution in [0.3, 0.4) is 0 Å². The Bertz CT molecular complexity index is 435. The summed E-state index contributed by atoms with van der Waals surface area (Å²) in [7, 11) is 3.82. The number of rotatable bonds is 7. The Kier molecular flexibility index (Phi) is 7.06. The van der Waals surface area contributed by atoms with Crippen molar-refractivity contribution < 1.29 is 32.8 Å². The van der Waals surface area contributed by atoms with Crippen molar-refractivity contribution in [2.24, 2.45) is 0 Å². The van der Waals surface area contributed by atoms with E-state index in [1.54, 1.807) is 28.3 Å². The zero-order valence-electron chi connectivity index (χ0n) is 16.7. The van der Waals surface area contributed by atoms with Crippen LogP contribution >= 0.6 is 0 Å². The SMILES string of the molecule is CC[Si](CC)O[C@H]1[C@H]2OC(C)(OC)C(C)(OC)O[C@@H]2[C@H](OC)O[C@H]1C. The molecule has 147 valence electrons. The number of ether oxygens (including phenoxy) is 6. The van der Waals surface area contributed by atoms with E-state index in [4.69, 9.17) is 32.8 Å². The van der Waals surface area contributed by atoms with Crippen LogP contribution in [0.1, 0.15) is 34.6 Å². The lowest BCUT2D eigenvalue weighted by Gasteiger charge is -2.57. The smallest absolute Gasteiger partial charge is 0.220 e. The van der Waals surface area contributed by atoms with Crippen molar-refractivity contribution in [3.63, 3.8) is 0 Å². The van der Waals surface area contributed by atoms with Crippen LogP contribution in [0.4, 0.5) is 0 Å². The van der Waals surface area contributed by atoms with Crippen LogP contribution in [0.25, 0.3) is 0 Å². The third-order valence-electron chi connectivity index (χ3n) is 5.38. The molecule has 25 heavy (non-hydrogen) atoms. The van der Waals surface area contributed by atoms with Gasteiger partial charge in [0, 0.05) is 21.3 Å². The first-order valence-electron chi connectivity index (χ1n) is 8.94. The molecule has 7 nitrogen and oxygen atoms in total. The summed E-state index contributed by atoms with van der Waals surface area (Å²) >= 11 is 0. The monoisotopic (exact) mass is 377 g/mol. The zero-order valence-corrected chi connectivity index (χ0v) is 17.7. The van der Waals surface area contributed by atoms with Gasteiger partial charge in [0.05, 0.1) is 12.2 Å². The van der Waals surface area contributed by atoms with E-state index in [-0.39, 0.29) is 18.3 Å². The summed E-state index contributed by atoms with van der Waals surface area (Å²) in [6.45, 7) is 9.90. The lowest BCUT2D eigenvalue weighted by molar-refractivity contribution is -0.481. The minimum Gasteiger partial charge on any atom is -0.408 e. The Labute approximate surface area is 152 Å². The Balaban J connectivity index is 2.34. The van der Waals surface area contributed by atoms with E-state index >= 15 is 0 Å². The molecule has 7 atom stereocenters. The molecule has 2 saturated heterocycles. The van der Waals surface area contributed by atoms with Crippen molar-refractivity contribution in [2.75, 3.05) is 21.3 Å². The number of fused-ring (bicyclic) bond motifs is 1. The molecule has 0 aliphatic carbocycles. The van der Waals surface area contributed by atoms with Crippen molar-refractivity contribution in [1.82, 2.24) is 0 Å². The lowest BCUT2D eigenvalue weighted by atomic mass is 9.95. The molecule has 0 aromatic carbocycles. The quantitative estimate of drug-likeness (QED) is 0.631. The van der Waals surface area contributed by atoms with Gasteiger partial charge in [0.15, 0.2) is 6.29 Å². The van der Waals surface area contributed by atoms with Gasteiger partial charge in [-0.25, -0.2) is 0 Å². The van der Waals surface area contributed by atoms with Crippen molar-refractivity contribution in [2.45, 2.75) is 89.0 Å². The first kappa shape index (κ1) is 21.2. The van der Waals surface area contributed by atoms with Crippen molar-refractivity contribution >= 4 is 9.04 Å².